The van der Waals surface area contributed by atoms with Gasteiger partial charge in [0.1, 0.15) is 0 Å². The number of pyridine rings is 1. The Bertz CT molecular complexity index is 976. The van der Waals surface area contributed by atoms with E-state index in [2.05, 4.69) is 19.6 Å². The van der Waals surface area contributed by atoms with Crippen LogP contribution in [0.2, 0.25) is 25.2 Å². The molecule has 0 saturated carbocycles. The van der Waals surface area contributed by atoms with Gasteiger partial charge in [-0.1, -0.05) is 19.6 Å². The number of carbonyl (C=O) groups excluding carboxylic acids is 1. The summed E-state index contributed by atoms with van der Waals surface area (Å²) in [6, 6.07) is 5.73. The summed E-state index contributed by atoms with van der Waals surface area (Å²) in [4.78, 5) is 17.1. The normalized spacial score (nSPS) is 24.4. The number of methoxy groups -OCH3 is 2. The zero-order chi connectivity index (χ0) is 19.5. The molecule has 3 unspecified atom stereocenters. The number of aromatic nitrogens is 1. The molecule has 2 aliphatic rings. The largest absolute Gasteiger partial charge is 0.493 e. The van der Waals surface area contributed by atoms with Crippen LogP contribution in [-0.2, 0) is 4.79 Å². The molecule has 0 amide bonds. The van der Waals surface area contributed by atoms with Crippen LogP contribution in [0.1, 0.15) is 23.8 Å². The van der Waals surface area contributed by atoms with Crippen LogP contribution in [0.5, 0.6) is 11.5 Å². The second kappa shape index (κ2) is 6.17. The smallest absolute Gasteiger partial charge is 0.162 e. The maximum atomic E-state index is 12.2. The number of hydrogen-bond acceptors (Lipinski definition) is 5. The van der Waals surface area contributed by atoms with Gasteiger partial charge in [-0.25, -0.2) is 4.98 Å². The molecule has 3 atom stereocenters. The summed E-state index contributed by atoms with van der Waals surface area (Å²) in [5, 5.41) is 12.2. The van der Waals surface area contributed by atoms with E-state index in [9.17, 15) is 9.90 Å². The zero-order valence-corrected chi connectivity index (χ0v) is 17.4. The van der Waals surface area contributed by atoms with E-state index in [1.165, 1.54) is 0 Å². The minimum Gasteiger partial charge on any atom is -0.493 e. The highest BCUT2D eigenvalue weighted by atomic mass is 28.3. The molecule has 0 radical (unpaired) electrons. The lowest BCUT2D eigenvalue weighted by atomic mass is 9.81. The Balaban J connectivity index is 1.98. The minimum atomic E-state index is -1.72. The number of nitrogens with zero attached hydrogens (tertiary/aromatic N) is 1. The summed E-state index contributed by atoms with van der Waals surface area (Å²) in [6.07, 6.45) is 1.61. The first-order valence-electron chi connectivity index (χ1n) is 9.24. The Kier molecular flexibility index (Phi) is 4.16. The standard InChI is InChI=1S/C21H25NO4Si/c1-25-17-7-11-6-15-19(22-16(11)10-18(17)26-2)13-8-12(23)9-14(13)21(20(15)24)27(3,4)5/h6-8,10,14,20-21,24H,9H2,1-5H3. The third-order valence-electron chi connectivity index (χ3n) is 5.85. The molecule has 27 heavy (non-hydrogen) atoms. The van der Waals surface area contributed by atoms with Crippen LogP contribution in [0.4, 0.5) is 0 Å². The van der Waals surface area contributed by atoms with E-state index >= 15 is 0 Å². The van der Waals surface area contributed by atoms with Crippen LogP contribution in [-0.4, -0.2) is 38.2 Å². The van der Waals surface area contributed by atoms with E-state index in [0.717, 1.165) is 27.7 Å². The number of allylic oxidation sites excluding steroid dienone is 2. The highest BCUT2D eigenvalue weighted by Crippen LogP contribution is 2.55. The molecule has 1 aromatic heterocycles. The van der Waals surface area contributed by atoms with Gasteiger partial charge in [0.05, 0.1) is 39.6 Å². The van der Waals surface area contributed by atoms with E-state index in [1.807, 2.05) is 18.2 Å². The second-order valence-electron chi connectivity index (χ2n) is 8.54. The SMILES string of the molecule is COc1cc2cc3c(nc2cc1OC)C1=CC(=O)CC1C([Si](C)(C)C)C3O. The van der Waals surface area contributed by atoms with E-state index in [1.54, 1.807) is 20.3 Å². The topological polar surface area (TPSA) is 68.7 Å². The monoisotopic (exact) mass is 383 g/mol. The first kappa shape index (κ1) is 18.2. The zero-order valence-electron chi connectivity index (χ0n) is 16.4. The molecule has 6 heteroatoms. The van der Waals surface area contributed by atoms with Crippen molar-refractivity contribution in [2.24, 2.45) is 5.92 Å². The average Bonchev–Trinajstić information content (AvgIpc) is 2.99. The summed E-state index contributed by atoms with van der Waals surface area (Å²) in [7, 11) is 1.48. The fourth-order valence-corrected chi connectivity index (χ4v) is 7.33. The van der Waals surface area contributed by atoms with E-state index in [-0.39, 0.29) is 17.2 Å². The van der Waals surface area contributed by atoms with Crippen LogP contribution in [0.3, 0.4) is 0 Å². The average molecular weight is 384 g/mol. The van der Waals surface area contributed by atoms with Gasteiger partial charge < -0.3 is 14.6 Å². The van der Waals surface area contributed by atoms with Gasteiger partial charge in [-0.3, -0.25) is 4.79 Å². The Morgan fingerprint density at radius 1 is 1.11 bits per heavy atom. The number of ketones is 1. The number of rotatable bonds is 3. The summed E-state index contributed by atoms with van der Waals surface area (Å²) >= 11 is 0. The third kappa shape index (κ3) is 2.78. The maximum absolute atomic E-state index is 12.2. The fourth-order valence-electron chi connectivity index (χ4n) is 4.70. The van der Waals surface area contributed by atoms with Crippen LogP contribution in [0.15, 0.2) is 24.3 Å². The molecule has 1 heterocycles. The van der Waals surface area contributed by atoms with Crippen molar-refractivity contribution in [3.05, 3.63) is 35.5 Å². The van der Waals surface area contributed by atoms with Gasteiger partial charge in [-0.05, 0) is 35.2 Å². The van der Waals surface area contributed by atoms with Gasteiger partial charge in [0, 0.05) is 23.4 Å². The van der Waals surface area contributed by atoms with Crippen LogP contribution in [0, 0.1) is 5.92 Å². The van der Waals surface area contributed by atoms with Crippen molar-refractivity contribution >= 4 is 30.3 Å². The summed E-state index contributed by atoms with van der Waals surface area (Å²) in [5.74, 6) is 1.44. The number of hydrogen-bond donors (Lipinski definition) is 1. The first-order chi connectivity index (χ1) is 12.7. The number of fused-ring (bicyclic) bond motifs is 4. The van der Waals surface area contributed by atoms with Gasteiger partial charge in [-0.15, -0.1) is 0 Å². The minimum absolute atomic E-state index is 0.0664. The van der Waals surface area contributed by atoms with E-state index in [0.29, 0.717) is 17.9 Å². The Labute approximate surface area is 160 Å². The second-order valence-corrected chi connectivity index (χ2v) is 13.9. The van der Waals surface area contributed by atoms with Gasteiger partial charge in [0.25, 0.3) is 0 Å². The van der Waals surface area contributed by atoms with Crippen molar-refractivity contribution in [2.75, 3.05) is 14.2 Å². The van der Waals surface area contributed by atoms with Gasteiger partial charge >= 0.3 is 0 Å². The molecule has 0 spiro atoms. The van der Waals surface area contributed by atoms with Crippen LogP contribution < -0.4 is 9.47 Å². The third-order valence-corrected chi connectivity index (χ3v) is 8.57. The molecule has 1 N–H and O–H groups in total. The van der Waals surface area contributed by atoms with Gasteiger partial charge in [0.15, 0.2) is 17.3 Å². The molecular weight excluding hydrogens is 358 g/mol. The van der Waals surface area contributed by atoms with E-state index < -0.39 is 14.2 Å². The Morgan fingerprint density at radius 2 is 1.78 bits per heavy atom. The van der Waals surface area contributed by atoms with Crippen molar-refractivity contribution in [3.8, 4) is 11.5 Å². The Morgan fingerprint density at radius 3 is 2.41 bits per heavy atom. The summed E-state index contributed by atoms with van der Waals surface area (Å²) < 4.78 is 10.8. The molecule has 1 aromatic carbocycles. The summed E-state index contributed by atoms with van der Waals surface area (Å²) in [5.41, 5.74) is 3.43. The van der Waals surface area contributed by atoms with Crippen molar-refractivity contribution in [2.45, 2.75) is 37.7 Å². The molecule has 0 fully saturated rings. The first-order valence-corrected chi connectivity index (χ1v) is 12.8. The lowest BCUT2D eigenvalue weighted by molar-refractivity contribution is -0.114. The predicted octanol–water partition coefficient (Wildman–Crippen LogP) is 3.98. The number of carbonyl (C=O) groups is 1. The quantitative estimate of drug-likeness (QED) is 0.812. The van der Waals surface area contributed by atoms with Crippen molar-refractivity contribution < 1.29 is 19.4 Å². The molecule has 0 bridgehead atoms. The molecule has 142 valence electrons. The predicted molar refractivity (Wildman–Crippen MR) is 108 cm³/mol. The van der Waals surface area contributed by atoms with Crippen LogP contribution >= 0.6 is 0 Å². The van der Waals surface area contributed by atoms with Crippen molar-refractivity contribution in [1.82, 2.24) is 4.98 Å². The number of aliphatic hydroxyl groups excluding tert-OH is 1. The van der Waals surface area contributed by atoms with Crippen LogP contribution in [0.25, 0.3) is 16.5 Å². The van der Waals surface area contributed by atoms with Crippen molar-refractivity contribution in [1.29, 1.82) is 0 Å². The molecule has 2 aliphatic carbocycles. The van der Waals surface area contributed by atoms with Gasteiger partial charge in [-0.2, -0.15) is 0 Å². The highest BCUT2D eigenvalue weighted by molar-refractivity contribution is 6.78. The Hall–Kier alpha value is -2.18. The van der Waals surface area contributed by atoms with E-state index in [4.69, 9.17) is 14.5 Å². The molecular formula is C21H25NO4Si. The van der Waals surface area contributed by atoms with Gasteiger partial charge in [0.2, 0.25) is 0 Å². The molecule has 2 aromatic rings. The molecule has 5 nitrogen and oxygen atoms in total. The number of benzene rings is 1. The molecule has 4 rings (SSSR count). The highest BCUT2D eigenvalue weighted by Gasteiger charge is 2.48. The molecule has 0 saturated heterocycles. The maximum Gasteiger partial charge on any atom is 0.162 e. The fraction of sp³-hybridized carbons (Fsp3) is 0.429. The number of ether oxygens (including phenoxy) is 2. The van der Waals surface area contributed by atoms with Crippen molar-refractivity contribution in [3.63, 3.8) is 0 Å². The number of aliphatic hydroxyl groups is 1. The molecule has 0 aliphatic heterocycles. The summed E-state index contributed by atoms with van der Waals surface area (Å²) in [6.45, 7) is 6.78. The lowest BCUT2D eigenvalue weighted by Crippen LogP contribution is -2.40. The lowest BCUT2D eigenvalue weighted by Gasteiger charge is -2.42.